The number of fused-ring (bicyclic) bond motifs is 2. The van der Waals surface area contributed by atoms with Gasteiger partial charge in [-0.2, -0.15) is 0 Å². The number of hydrogen-bond acceptors (Lipinski definition) is 2. The molecule has 4 aromatic carbocycles. The van der Waals surface area contributed by atoms with E-state index in [1.54, 1.807) is 6.07 Å². The van der Waals surface area contributed by atoms with Crippen molar-refractivity contribution in [3.63, 3.8) is 0 Å². The summed E-state index contributed by atoms with van der Waals surface area (Å²) in [6.45, 7) is 0. The molecule has 0 aliphatic rings. The fourth-order valence-corrected chi connectivity index (χ4v) is 3.86. The number of aromatic amines is 1. The molecule has 0 radical (unpaired) electrons. The molecular formula is C26H17NO2. The Morgan fingerprint density at radius 3 is 2.07 bits per heavy atom. The van der Waals surface area contributed by atoms with E-state index in [1.807, 2.05) is 91.0 Å². The zero-order chi connectivity index (χ0) is 19.8. The van der Waals surface area contributed by atoms with E-state index in [2.05, 4.69) is 4.98 Å². The summed E-state index contributed by atoms with van der Waals surface area (Å²) < 4.78 is 0. The van der Waals surface area contributed by atoms with Crippen LogP contribution in [0.15, 0.2) is 97.1 Å². The van der Waals surface area contributed by atoms with E-state index in [9.17, 15) is 9.59 Å². The quantitative estimate of drug-likeness (QED) is 0.307. The molecule has 29 heavy (non-hydrogen) atoms. The van der Waals surface area contributed by atoms with Crippen molar-refractivity contribution >= 4 is 33.2 Å². The highest BCUT2D eigenvalue weighted by atomic mass is 16.2. The van der Waals surface area contributed by atoms with E-state index in [0.717, 1.165) is 27.2 Å². The van der Waals surface area contributed by atoms with Crippen LogP contribution in [0.25, 0.3) is 32.9 Å². The van der Waals surface area contributed by atoms with Gasteiger partial charge in [-0.15, -0.1) is 0 Å². The first-order valence-electron chi connectivity index (χ1n) is 9.47. The molecule has 0 bridgehead atoms. The molecule has 0 unspecified atom stereocenters. The Morgan fingerprint density at radius 2 is 1.24 bits per heavy atom. The first kappa shape index (κ1) is 17.1. The fraction of sp³-hybridized carbons (Fsp3) is 0. The number of hydrogen-bond donors (Lipinski definition) is 1. The van der Waals surface area contributed by atoms with Crippen LogP contribution in [-0.2, 0) is 0 Å². The van der Waals surface area contributed by atoms with Gasteiger partial charge in [0.05, 0.1) is 11.3 Å². The second kappa shape index (κ2) is 6.88. The van der Waals surface area contributed by atoms with Crippen molar-refractivity contribution in [1.29, 1.82) is 0 Å². The number of carbonyl (C=O) groups is 2. The van der Waals surface area contributed by atoms with E-state index in [0.29, 0.717) is 16.8 Å². The van der Waals surface area contributed by atoms with Crippen LogP contribution in [0.4, 0.5) is 0 Å². The predicted octanol–water partition coefficient (Wildman–Crippen LogP) is 6.05. The molecule has 1 N–H and O–H groups in total. The SMILES string of the molecule is O=C(C(=O)c1c(-c2ccccc2)[nH]c2ccccc12)c1cccc2ccccc12. The summed E-state index contributed by atoms with van der Waals surface area (Å²) in [6.07, 6.45) is 0. The molecule has 0 saturated heterocycles. The third-order valence-corrected chi connectivity index (χ3v) is 5.24. The van der Waals surface area contributed by atoms with Crippen LogP contribution >= 0.6 is 0 Å². The summed E-state index contributed by atoms with van der Waals surface area (Å²) in [5, 5.41) is 2.48. The monoisotopic (exact) mass is 375 g/mol. The van der Waals surface area contributed by atoms with Gasteiger partial charge in [0.2, 0.25) is 11.6 Å². The lowest BCUT2D eigenvalue weighted by Gasteiger charge is -2.07. The fourth-order valence-electron chi connectivity index (χ4n) is 3.86. The molecule has 1 aromatic heterocycles. The number of aromatic nitrogens is 1. The summed E-state index contributed by atoms with van der Waals surface area (Å²) >= 11 is 0. The summed E-state index contributed by atoms with van der Waals surface area (Å²) in [5.74, 6) is -0.999. The number of ketones is 2. The second-order valence-corrected chi connectivity index (χ2v) is 6.97. The van der Waals surface area contributed by atoms with Gasteiger partial charge in [0.25, 0.3) is 0 Å². The number of benzene rings is 4. The minimum absolute atomic E-state index is 0.421. The first-order valence-corrected chi connectivity index (χ1v) is 9.47. The summed E-state index contributed by atoms with van der Waals surface area (Å²) in [6, 6.07) is 30.3. The summed E-state index contributed by atoms with van der Waals surface area (Å²) in [5.41, 5.74) is 3.23. The van der Waals surface area contributed by atoms with Gasteiger partial charge >= 0.3 is 0 Å². The Labute approximate surface area is 167 Å². The zero-order valence-corrected chi connectivity index (χ0v) is 15.6. The minimum Gasteiger partial charge on any atom is -0.354 e. The number of nitrogens with one attached hydrogen (secondary N) is 1. The van der Waals surface area contributed by atoms with Gasteiger partial charge in [-0.1, -0.05) is 91.0 Å². The van der Waals surface area contributed by atoms with Gasteiger partial charge in [-0.3, -0.25) is 9.59 Å². The lowest BCUT2D eigenvalue weighted by Crippen LogP contribution is -2.15. The van der Waals surface area contributed by atoms with Crippen molar-refractivity contribution in [2.45, 2.75) is 0 Å². The van der Waals surface area contributed by atoms with E-state index < -0.39 is 11.6 Å². The molecule has 0 amide bonds. The summed E-state index contributed by atoms with van der Waals surface area (Å²) in [7, 11) is 0. The van der Waals surface area contributed by atoms with Gasteiger partial charge in [-0.25, -0.2) is 0 Å². The van der Waals surface area contributed by atoms with E-state index in [-0.39, 0.29) is 0 Å². The largest absolute Gasteiger partial charge is 0.354 e. The Bertz CT molecular complexity index is 1370. The van der Waals surface area contributed by atoms with Crippen molar-refractivity contribution < 1.29 is 9.59 Å². The smallest absolute Gasteiger partial charge is 0.236 e. The zero-order valence-electron chi connectivity index (χ0n) is 15.6. The molecule has 3 heteroatoms. The molecule has 3 nitrogen and oxygen atoms in total. The highest BCUT2D eigenvalue weighted by Gasteiger charge is 2.26. The molecule has 0 aliphatic heterocycles. The van der Waals surface area contributed by atoms with Crippen LogP contribution < -0.4 is 0 Å². The Morgan fingerprint density at radius 1 is 0.586 bits per heavy atom. The number of carbonyl (C=O) groups excluding carboxylic acids is 2. The van der Waals surface area contributed by atoms with Crippen LogP contribution in [0.5, 0.6) is 0 Å². The lowest BCUT2D eigenvalue weighted by molar-refractivity contribution is 0.0819. The molecule has 5 rings (SSSR count). The number of Topliss-reactive ketones (excluding diaryl/α,β-unsaturated/α-hetero) is 2. The van der Waals surface area contributed by atoms with Crippen LogP contribution in [0.2, 0.25) is 0 Å². The van der Waals surface area contributed by atoms with Crippen LogP contribution in [0.3, 0.4) is 0 Å². The van der Waals surface area contributed by atoms with Crippen molar-refractivity contribution in [1.82, 2.24) is 4.98 Å². The van der Waals surface area contributed by atoms with Crippen molar-refractivity contribution in [3.05, 3.63) is 108 Å². The Hall–Kier alpha value is -3.98. The number of rotatable bonds is 4. The van der Waals surface area contributed by atoms with Crippen molar-refractivity contribution in [3.8, 4) is 11.3 Å². The molecule has 0 fully saturated rings. The molecule has 1 heterocycles. The molecule has 0 aliphatic carbocycles. The number of H-pyrrole nitrogens is 1. The minimum atomic E-state index is -0.502. The number of para-hydroxylation sites is 1. The van der Waals surface area contributed by atoms with Crippen LogP contribution in [0.1, 0.15) is 20.7 Å². The maximum Gasteiger partial charge on any atom is 0.236 e. The maximum absolute atomic E-state index is 13.5. The summed E-state index contributed by atoms with van der Waals surface area (Å²) in [4.78, 5) is 30.1. The lowest BCUT2D eigenvalue weighted by atomic mass is 9.94. The molecule has 0 atom stereocenters. The van der Waals surface area contributed by atoms with Gasteiger partial charge in [0, 0.05) is 16.5 Å². The molecular weight excluding hydrogens is 358 g/mol. The maximum atomic E-state index is 13.5. The highest BCUT2D eigenvalue weighted by molar-refractivity contribution is 6.53. The van der Waals surface area contributed by atoms with E-state index in [4.69, 9.17) is 0 Å². The standard InChI is InChI=1S/C26H17NO2/c28-25(20-15-8-12-17-9-4-5-13-19(17)20)26(29)23-21-14-6-7-16-22(21)27-24(23)18-10-2-1-3-11-18/h1-16,27H. The predicted molar refractivity (Wildman–Crippen MR) is 116 cm³/mol. The average Bonchev–Trinajstić information content (AvgIpc) is 3.18. The van der Waals surface area contributed by atoms with Gasteiger partial charge in [0.15, 0.2) is 0 Å². The first-order chi connectivity index (χ1) is 14.2. The third-order valence-electron chi connectivity index (χ3n) is 5.24. The average molecular weight is 375 g/mol. The molecule has 5 aromatic rings. The molecule has 138 valence electrons. The highest BCUT2D eigenvalue weighted by Crippen LogP contribution is 2.32. The second-order valence-electron chi connectivity index (χ2n) is 6.97. The van der Waals surface area contributed by atoms with Gasteiger partial charge in [-0.05, 0) is 22.4 Å². The van der Waals surface area contributed by atoms with Gasteiger partial charge < -0.3 is 4.98 Å². The van der Waals surface area contributed by atoms with Crippen LogP contribution in [-0.4, -0.2) is 16.6 Å². The molecule has 0 spiro atoms. The van der Waals surface area contributed by atoms with Crippen molar-refractivity contribution in [2.75, 3.05) is 0 Å². The molecule has 0 saturated carbocycles. The van der Waals surface area contributed by atoms with E-state index in [1.165, 1.54) is 0 Å². The van der Waals surface area contributed by atoms with E-state index >= 15 is 0 Å². The van der Waals surface area contributed by atoms with Gasteiger partial charge in [0.1, 0.15) is 0 Å². The topological polar surface area (TPSA) is 49.9 Å². The Balaban J connectivity index is 1.71. The van der Waals surface area contributed by atoms with Crippen LogP contribution in [0, 0.1) is 0 Å². The van der Waals surface area contributed by atoms with Crippen molar-refractivity contribution in [2.24, 2.45) is 0 Å². The normalized spacial score (nSPS) is 11.0. The Kier molecular flexibility index (Phi) is 4.07. The third kappa shape index (κ3) is 2.84.